The number of hydrogen-bond donors (Lipinski definition) is 1. The van der Waals surface area contributed by atoms with E-state index in [9.17, 15) is 18.0 Å². The van der Waals surface area contributed by atoms with E-state index in [0.717, 1.165) is 19.3 Å². The van der Waals surface area contributed by atoms with Gasteiger partial charge in [0, 0.05) is 39.5 Å². The minimum atomic E-state index is -3.53. The lowest BCUT2D eigenvalue weighted by Gasteiger charge is -2.31. The van der Waals surface area contributed by atoms with Crippen LogP contribution in [0.1, 0.15) is 13.8 Å². The molecule has 0 radical (unpaired) electrons. The zero-order valence-electron chi connectivity index (χ0n) is 12.9. The maximum absolute atomic E-state index is 12.2. The van der Waals surface area contributed by atoms with Gasteiger partial charge in [-0.2, -0.15) is 0 Å². The Bertz CT molecular complexity index is 487. The van der Waals surface area contributed by atoms with Crippen molar-refractivity contribution in [2.24, 2.45) is 0 Å². The molecule has 0 unspecified atom stereocenters. The van der Waals surface area contributed by atoms with E-state index < -0.39 is 20.5 Å². The highest BCUT2D eigenvalue weighted by Gasteiger charge is 2.40. The molecule has 2 amide bonds. The number of halogens is 1. The van der Waals surface area contributed by atoms with Crippen molar-refractivity contribution in [3.05, 3.63) is 0 Å². The Morgan fingerprint density at radius 2 is 1.71 bits per heavy atom. The average molecular weight is 342 g/mol. The molecule has 9 heteroatoms. The second-order valence-electron chi connectivity index (χ2n) is 5.57. The van der Waals surface area contributed by atoms with Crippen LogP contribution in [0, 0.1) is 0 Å². The molecule has 1 saturated heterocycles. The van der Waals surface area contributed by atoms with E-state index in [4.69, 9.17) is 0 Å². The molecule has 1 rings (SSSR count). The van der Waals surface area contributed by atoms with Crippen LogP contribution in [0.5, 0.6) is 0 Å². The lowest BCUT2D eigenvalue weighted by molar-refractivity contribution is -0.140. The first kappa shape index (κ1) is 20.1. The molecule has 0 atom stereocenters. The normalized spacial score (nSPS) is 16.1. The van der Waals surface area contributed by atoms with Crippen molar-refractivity contribution in [3.63, 3.8) is 0 Å². The summed E-state index contributed by atoms with van der Waals surface area (Å²) >= 11 is 0. The molecule has 7 nitrogen and oxygen atoms in total. The minimum Gasteiger partial charge on any atom is -0.339 e. The molecule has 1 fully saturated rings. The van der Waals surface area contributed by atoms with Gasteiger partial charge in [-0.05, 0) is 13.8 Å². The molecule has 0 aliphatic carbocycles. The lowest BCUT2D eigenvalue weighted by Crippen LogP contribution is -2.53. The fourth-order valence-corrected chi connectivity index (χ4v) is 2.38. The second kappa shape index (κ2) is 7.42. The number of likely N-dealkylation sites (N-methyl/N-ethyl adjacent to an activating group) is 1. The quantitative estimate of drug-likeness (QED) is 0.717. The van der Waals surface area contributed by atoms with Crippen molar-refractivity contribution in [1.82, 2.24) is 15.1 Å². The summed E-state index contributed by atoms with van der Waals surface area (Å²) in [6.07, 6.45) is 1.02. The molecular formula is C12H24ClN3O4S. The predicted octanol–water partition coefficient (Wildman–Crippen LogP) is -0.878. The Hall–Kier alpha value is -0.860. The number of piperazine rings is 1. The van der Waals surface area contributed by atoms with Crippen molar-refractivity contribution in [2.45, 2.75) is 18.6 Å². The van der Waals surface area contributed by atoms with Gasteiger partial charge in [0.2, 0.25) is 11.8 Å². The molecule has 0 spiro atoms. The van der Waals surface area contributed by atoms with Gasteiger partial charge in [0.15, 0.2) is 9.84 Å². The summed E-state index contributed by atoms with van der Waals surface area (Å²) in [5, 5.41) is 3.14. The second-order valence-corrected chi connectivity index (χ2v) is 8.14. The molecule has 0 aromatic rings. The molecule has 21 heavy (non-hydrogen) atoms. The summed E-state index contributed by atoms with van der Waals surface area (Å²) < 4.78 is 21.7. The summed E-state index contributed by atoms with van der Waals surface area (Å²) in [6.45, 7) is 5.30. The Labute approximate surface area is 132 Å². The maximum Gasteiger partial charge on any atom is 0.243 e. The molecule has 0 aromatic heterocycles. The number of carbonyl (C=O) groups excluding carboxylic acids is 2. The number of nitrogens with zero attached hydrogens (tertiary/aromatic N) is 2. The maximum atomic E-state index is 12.2. The smallest absolute Gasteiger partial charge is 0.243 e. The van der Waals surface area contributed by atoms with Crippen molar-refractivity contribution < 1.29 is 18.0 Å². The molecule has 0 saturated carbocycles. The number of rotatable bonds is 4. The SMILES string of the molecule is CN(CC(=O)N1CCNCC1)C(=O)C(C)(C)S(C)(=O)=O.Cl. The minimum absolute atomic E-state index is 0. The van der Waals surface area contributed by atoms with Gasteiger partial charge >= 0.3 is 0 Å². The van der Waals surface area contributed by atoms with Crippen LogP contribution in [0.3, 0.4) is 0 Å². The third-order valence-electron chi connectivity index (χ3n) is 3.63. The third kappa shape index (κ3) is 4.82. The van der Waals surface area contributed by atoms with Crippen molar-refractivity contribution >= 4 is 34.1 Å². The molecule has 0 aromatic carbocycles. The molecule has 1 aliphatic heterocycles. The molecule has 1 heterocycles. The molecule has 1 aliphatic rings. The molecule has 1 N–H and O–H groups in total. The topological polar surface area (TPSA) is 86.8 Å². The standard InChI is InChI=1S/C12H23N3O4S.ClH/c1-12(2,20(4,18)19)11(17)14(3)9-10(16)15-7-5-13-6-8-15;/h13H,5-9H2,1-4H3;1H. The third-order valence-corrected chi connectivity index (χ3v) is 5.66. The highest BCUT2D eigenvalue weighted by Crippen LogP contribution is 2.18. The van der Waals surface area contributed by atoms with Gasteiger partial charge in [-0.15, -0.1) is 12.4 Å². The highest BCUT2D eigenvalue weighted by atomic mass is 35.5. The van der Waals surface area contributed by atoms with Crippen molar-refractivity contribution in [3.8, 4) is 0 Å². The molecular weight excluding hydrogens is 318 g/mol. The number of amides is 2. The van der Waals surface area contributed by atoms with Crippen LogP contribution in [0.4, 0.5) is 0 Å². The van der Waals surface area contributed by atoms with E-state index in [1.54, 1.807) is 4.90 Å². The zero-order chi connectivity index (χ0) is 15.6. The Kier molecular flexibility index (Phi) is 7.11. The van der Waals surface area contributed by atoms with E-state index in [0.29, 0.717) is 13.1 Å². The van der Waals surface area contributed by atoms with Gasteiger partial charge in [-0.25, -0.2) is 8.42 Å². The van der Waals surface area contributed by atoms with E-state index >= 15 is 0 Å². The van der Waals surface area contributed by atoms with Crippen LogP contribution >= 0.6 is 12.4 Å². The number of nitrogens with one attached hydrogen (secondary N) is 1. The summed E-state index contributed by atoms with van der Waals surface area (Å²) in [5.41, 5.74) is 0. The van der Waals surface area contributed by atoms with Crippen molar-refractivity contribution in [1.29, 1.82) is 0 Å². The van der Waals surface area contributed by atoms with Crippen LogP contribution in [-0.2, 0) is 19.4 Å². The summed E-state index contributed by atoms with van der Waals surface area (Å²) in [7, 11) is -2.08. The lowest BCUT2D eigenvalue weighted by atomic mass is 10.2. The molecule has 124 valence electrons. The number of sulfone groups is 1. The van der Waals surface area contributed by atoms with Gasteiger partial charge in [0.05, 0.1) is 6.54 Å². The Morgan fingerprint density at radius 1 is 1.24 bits per heavy atom. The van der Waals surface area contributed by atoms with Gasteiger partial charge in [-0.3, -0.25) is 9.59 Å². The fraction of sp³-hybridized carbons (Fsp3) is 0.833. The summed E-state index contributed by atoms with van der Waals surface area (Å²) in [5.74, 6) is -0.727. The first-order chi connectivity index (χ1) is 9.07. The first-order valence-corrected chi connectivity index (χ1v) is 8.40. The van der Waals surface area contributed by atoms with Gasteiger partial charge in [0.25, 0.3) is 0 Å². The zero-order valence-corrected chi connectivity index (χ0v) is 14.5. The fourth-order valence-electron chi connectivity index (χ4n) is 1.91. The van der Waals surface area contributed by atoms with Crippen LogP contribution in [0.25, 0.3) is 0 Å². The summed E-state index contributed by atoms with van der Waals surface area (Å²) in [4.78, 5) is 27.1. The van der Waals surface area contributed by atoms with Crippen LogP contribution < -0.4 is 5.32 Å². The van der Waals surface area contributed by atoms with E-state index in [1.807, 2.05) is 0 Å². The highest BCUT2D eigenvalue weighted by molar-refractivity contribution is 7.92. The van der Waals surface area contributed by atoms with Gasteiger partial charge < -0.3 is 15.1 Å². The first-order valence-electron chi connectivity index (χ1n) is 6.51. The van der Waals surface area contributed by atoms with E-state index in [-0.39, 0.29) is 24.9 Å². The molecule has 0 bridgehead atoms. The van der Waals surface area contributed by atoms with Crippen LogP contribution in [-0.4, -0.2) is 80.8 Å². The number of hydrogen-bond acceptors (Lipinski definition) is 5. The Balaban J connectivity index is 0.00000400. The predicted molar refractivity (Wildman–Crippen MR) is 83.3 cm³/mol. The largest absolute Gasteiger partial charge is 0.339 e. The van der Waals surface area contributed by atoms with Crippen LogP contribution in [0.2, 0.25) is 0 Å². The van der Waals surface area contributed by atoms with E-state index in [1.165, 1.54) is 25.8 Å². The van der Waals surface area contributed by atoms with Gasteiger partial charge in [0.1, 0.15) is 4.75 Å². The van der Waals surface area contributed by atoms with Gasteiger partial charge in [-0.1, -0.05) is 0 Å². The monoisotopic (exact) mass is 341 g/mol. The average Bonchev–Trinajstić information content (AvgIpc) is 2.37. The Morgan fingerprint density at radius 3 is 2.14 bits per heavy atom. The van der Waals surface area contributed by atoms with Crippen LogP contribution in [0.15, 0.2) is 0 Å². The number of carbonyl (C=O) groups is 2. The summed E-state index contributed by atoms with van der Waals surface area (Å²) in [6, 6.07) is 0. The van der Waals surface area contributed by atoms with E-state index in [2.05, 4.69) is 5.32 Å². The van der Waals surface area contributed by atoms with Crippen molar-refractivity contribution in [2.75, 3.05) is 46.0 Å².